The highest BCUT2D eigenvalue weighted by molar-refractivity contribution is 6.30. The summed E-state index contributed by atoms with van der Waals surface area (Å²) in [5.41, 5.74) is 2.99. The van der Waals surface area contributed by atoms with Gasteiger partial charge in [0.2, 0.25) is 0 Å². The van der Waals surface area contributed by atoms with Crippen LogP contribution in [-0.4, -0.2) is 11.0 Å². The molecule has 1 saturated carbocycles. The molecule has 4 nitrogen and oxygen atoms in total. The summed E-state index contributed by atoms with van der Waals surface area (Å²) >= 11 is 6.08. The Morgan fingerprint density at radius 2 is 2.05 bits per heavy atom. The van der Waals surface area contributed by atoms with Crippen LogP contribution >= 0.6 is 11.6 Å². The first-order valence-corrected chi connectivity index (χ1v) is 7.28. The Morgan fingerprint density at radius 3 is 2.76 bits per heavy atom. The molecule has 1 aliphatic rings. The number of halogens is 1. The summed E-state index contributed by atoms with van der Waals surface area (Å²) in [6.07, 6.45) is 2.43. The van der Waals surface area contributed by atoms with Crippen LogP contribution in [0.1, 0.15) is 18.4 Å². The first-order chi connectivity index (χ1) is 10.1. The molecule has 0 unspecified atom stereocenters. The lowest BCUT2D eigenvalue weighted by Crippen LogP contribution is -2.15. The number of benzene rings is 2. The minimum absolute atomic E-state index is 0.101. The van der Waals surface area contributed by atoms with E-state index in [4.69, 9.17) is 11.6 Å². The van der Waals surface area contributed by atoms with Crippen molar-refractivity contribution in [3.8, 4) is 11.1 Å². The second kappa shape index (κ2) is 5.84. The van der Waals surface area contributed by atoms with Crippen molar-refractivity contribution in [2.45, 2.75) is 25.4 Å². The SMILES string of the molecule is O=[N+]([O-])c1cccc(-c2ccc(Cl)cc2CNC2CC2)c1. The van der Waals surface area contributed by atoms with Gasteiger partial charge in [0.25, 0.3) is 5.69 Å². The Bertz CT molecular complexity index is 684. The van der Waals surface area contributed by atoms with Gasteiger partial charge in [0.1, 0.15) is 0 Å². The van der Waals surface area contributed by atoms with Crippen LogP contribution in [0.3, 0.4) is 0 Å². The molecule has 5 heteroatoms. The second-order valence-corrected chi connectivity index (χ2v) is 5.70. The Labute approximate surface area is 127 Å². The molecule has 2 aromatic carbocycles. The topological polar surface area (TPSA) is 55.2 Å². The van der Waals surface area contributed by atoms with Crippen molar-refractivity contribution in [1.82, 2.24) is 5.32 Å². The minimum atomic E-state index is -0.373. The average Bonchev–Trinajstić information content (AvgIpc) is 3.29. The quantitative estimate of drug-likeness (QED) is 0.666. The van der Waals surface area contributed by atoms with E-state index < -0.39 is 0 Å². The van der Waals surface area contributed by atoms with Gasteiger partial charge in [-0.15, -0.1) is 0 Å². The van der Waals surface area contributed by atoms with Crippen LogP contribution in [0.25, 0.3) is 11.1 Å². The number of hydrogen-bond acceptors (Lipinski definition) is 3. The van der Waals surface area contributed by atoms with Crippen molar-refractivity contribution in [3.05, 3.63) is 63.2 Å². The molecule has 0 heterocycles. The number of nitro groups is 1. The van der Waals surface area contributed by atoms with Gasteiger partial charge < -0.3 is 5.32 Å². The highest BCUT2D eigenvalue weighted by Gasteiger charge is 2.20. The average molecular weight is 303 g/mol. The summed E-state index contributed by atoms with van der Waals surface area (Å²) in [6.45, 7) is 0.725. The lowest BCUT2D eigenvalue weighted by atomic mass is 9.99. The highest BCUT2D eigenvalue weighted by atomic mass is 35.5. The van der Waals surface area contributed by atoms with Gasteiger partial charge in [-0.1, -0.05) is 29.8 Å². The molecular formula is C16H15ClN2O2. The van der Waals surface area contributed by atoms with Crippen LogP contribution in [-0.2, 0) is 6.54 Å². The molecule has 1 aliphatic carbocycles. The van der Waals surface area contributed by atoms with Gasteiger partial charge in [0.15, 0.2) is 0 Å². The first-order valence-electron chi connectivity index (χ1n) is 6.90. The summed E-state index contributed by atoms with van der Waals surface area (Å²) in [7, 11) is 0. The maximum atomic E-state index is 10.9. The molecule has 0 radical (unpaired) electrons. The fourth-order valence-electron chi connectivity index (χ4n) is 2.32. The molecule has 1 N–H and O–H groups in total. The van der Waals surface area contributed by atoms with Gasteiger partial charge in [0, 0.05) is 29.7 Å². The molecule has 1 fully saturated rings. The summed E-state index contributed by atoms with van der Waals surface area (Å²) < 4.78 is 0. The molecule has 21 heavy (non-hydrogen) atoms. The van der Waals surface area contributed by atoms with Gasteiger partial charge in [-0.25, -0.2) is 0 Å². The van der Waals surface area contributed by atoms with E-state index >= 15 is 0 Å². The van der Waals surface area contributed by atoms with Crippen LogP contribution in [0.2, 0.25) is 5.02 Å². The molecule has 0 atom stereocenters. The molecule has 2 aromatic rings. The fraction of sp³-hybridized carbons (Fsp3) is 0.250. The third-order valence-electron chi connectivity index (χ3n) is 3.59. The maximum Gasteiger partial charge on any atom is 0.270 e. The van der Waals surface area contributed by atoms with Crippen molar-refractivity contribution in [2.75, 3.05) is 0 Å². The first kappa shape index (κ1) is 14.0. The van der Waals surface area contributed by atoms with E-state index in [1.807, 2.05) is 24.3 Å². The van der Waals surface area contributed by atoms with Gasteiger partial charge in [-0.2, -0.15) is 0 Å². The molecule has 0 spiro atoms. The third-order valence-corrected chi connectivity index (χ3v) is 3.83. The zero-order chi connectivity index (χ0) is 14.8. The maximum absolute atomic E-state index is 10.9. The molecular weight excluding hydrogens is 288 g/mol. The Balaban J connectivity index is 1.95. The third kappa shape index (κ3) is 3.40. The lowest BCUT2D eigenvalue weighted by molar-refractivity contribution is -0.384. The Morgan fingerprint density at radius 1 is 1.24 bits per heavy atom. The van der Waals surface area contributed by atoms with Crippen molar-refractivity contribution in [2.24, 2.45) is 0 Å². The number of rotatable bonds is 5. The summed E-state index contributed by atoms with van der Waals surface area (Å²) in [4.78, 5) is 10.5. The van der Waals surface area contributed by atoms with E-state index in [0.29, 0.717) is 11.1 Å². The van der Waals surface area contributed by atoms with Crippen molar-refractivity contribution >= 4 is 17.3 Å². The smallest absolute Gasteiger partial charge is 0.270 e. The number of non-ortho nitro benzene ring substituents is 1. The van der Waals surface area contributed by atoms with E-state index in [0.717, 1.165) is 23.2 Å². The van der Waals surface area contributed by atoms with Crippen LogP contribution in [0.5, 0.6) is 0 Å². The second-order valence-electron chi connectivity index (χ2n) is 5.26. The zero-order valence-electron chi connectivity index (χ0n) is 11.4. The van der Waals surface area contributed by atoms with Crippen molar-refractivity contribution in [3.63, 3.8) is 0 Å². The molecule has 0 bridgehead atoms. The van der Waals surface area contributed by atoms with Crippen molar-refractivity contribution in [1.29, 1.82) is 0 Å². The Kier molecular flexibility index (Phi) is 3.90. The number of nitrogens with zero attached hydrogens (tertiary/aromatic N) is 1. The molecule has 0 aromatic heterocycles. The normalized spacial score (nSPS) is 14.1. The van der Waals surface area contributed by atoms with Gasteiger partial charge in [-0.05, 0) is 41.7 Å². The minimum Gasteiger partial charge on any atom is -0.310 e. The van der Waals surface area contributed by atoms with Gasteiger partial charge >= 0.3 is 0 Å². The summed E-state index contributed by atoms with van der Waals surface area (Å²) in [5, 5.41) is 15.1. The fourth-order valence-corrected chi connectivity index (χ4v) is 2.51. The van der Waals surface area contributed by atoms with Crippen LogP contribution in [0.15, 0.2) is 42.5 Å². The molecule has 0 saturated heterocycles. The number of nitrogens with one attached hydrogen (secondary N) is 1. The van der Waals surface area contributed by atoms with Gasteiger partial charge in [0.05, 0.1) is 4.92 Å². The highest BCUT2D eigenvalue weighted by Crippen LogP contribution is 2.30. The predicted octanol–water partition coefficient (Wildman–Crippen LogP) is 4.17. The van der Waals surface area contributed by atoms with Crippen LogP contribution in [0.4, 0.5) is 5.69 Å². The van der Waals surface area contributed by atoms with Crippen molar-refractivity contribution < 1.29 is 4.92 Å². The lowest BCUT2D eigenvalue weighted by Gasteiger charge is -2.11. The molecule has 108 valence electrons. The number of hydrogen-bond donors (Lipinski definition) is 1. The summed E-state index contributed by atoms with van der Waals surface area (Å²) in [6, 6.07) is 13.0. The largest absolute Gasteiger partial charge is 0.310 e. The van der Waals surface area contributed by atoms with Crippen LogP contribution < -0.4 is 5.32 Å². The van der Waals surface area contributed by atoms with E-state index in [9.17, 15) is 10.1 Å². The van der Waals surface area contributed by atoms with E-state index in [2.05, 4.69) is 5.32 Å². The van der Waals surface area contributed by atoms with Crippen LogP contribution in [0, 0.1) is 10.1 Å². The van der Waals surface area contributed by atoms with Gasteiger partial charge in [-0.3, -0.25) is 10.1 Å². The molecule has 3 rings (SSSR count). The zero-order valence-corrected chi connectivity index (χ0v) is 12.1. The molecule has 0 aliphatic heterocycles. The van der Waals surface area contributed by atoms with E-state index in [1.54, 1.807) is 12.1 Å². The standard InChI is InChI=1S/C16H15ClN2O2/c17-13-4-7-16(12(8-13)10-18-14-5-6-14)11-2-1-3-15(9-11)19(20)21/h1-4,7-9,14,18H,5-6,10H2. The predicted molar refractivity (Wildman–Crippen MR) is 83.4 cm³/mol. The summed E-state index contributed by atoms with van der Waals surface area (Å²) in [5.74, 6) is 0. The number of nitro benzene ring substituents is 1. The molecule has 0 amide bonds. The van der Waals surface area contributed by atoms with E-state index in [-0.39, 0.29) is 10.6 Å². The Hall–Kier alpha value is -1.91. The van der Waals surface area contributed by atoms with E-state index in [1.165, 1.54) is 18.9 Å². The monoisotopic (exact) mass is 302 g/mol.